The van der Waals surface area contributed by atoms with E-state index in [1.807, 2.05) is 11.8 Å². The summed E-state index contributed by atoms with van der Waals surface area (Å²) in [5.41, 5.74) is 0.204. The lowest BCUT2D eigenvalue weighted by molar-refractivity contribution is 0.0644. The molecule has 0 spiro atoms. The minimum atomic E-state index is 0.204. The third-order valence-corrected chi connectivity index (χ3v) is 4.39. The summed E-state index contributed by atoms with van der Waals surface area (Å²) in [7, 11) is 0. The van der Waals surface area contributed by atoms with Crippen LogP contribution < -0.4 is 5.32 Å². The van der Waals surface area contributed by atoms with Crippen LogP contribution in [0, 0.1) is 0 Å². The monoisotopic (exact) mass is 242 g/mol. The molecule has 0 aromatic heterocycles. The van der Waals surface area contributed by atoms with Crippen LogP contribution in [0.25, 0.3) is 0 Å². The predicted octanol–water partition coefficient (Wildman–Crippen LogP) is 2.42. The zero-order chi connectivity index (χ0) is 11.4. The summed E-state index contributed by atoms with van der Waals surface area (Å²) < 4.78 is 5.77. The van der Waals surface area contributed by atoms with Gasteiger partial charge in [-0.1, -0.05) is 24.6 Å². The quantitative estimate of drug-likeness (QED) is 0.769. The van der Waals surface area contributed by atoms with E-state index in [9.17, 15) is 0 Å². The van der Waals surface area contributed by atoms with Gasteiger partial charge >= 0.3 is 0 Å². The van der Waals surface area contributed by atoms with Crippen LogP contribution in [0.4, 0.5) is 0 Å². The Morgan fingerprint density at radius 3 is 2.81 bits per heavy atom. The Kier molecular flexibility index (Phi) is 4.14. The number of hydrogen-bond donors (Lipinski definition) is 1. The Morgan fingerprint density at radius 2 is 2.19 bits per heavy atom. The van der Waals surface area contributed by atoms with Crippen LogP contribution in [0.3, 0.4) is 0 Å². The molecule has 1 N–H and O–H groups in total. The topological polar surface area (TPSA) is 33.6 Å². The summed E-state index contributed by atoms with van der Waals surface area (Å²) in [4.78, 5) is 4.52. The van der Waals surface area contributed by atoms with Crippen LogP contribution in [0.2, 0.25) is 0 Å². The summed E-state index contributed by atoms with van der Waals surface area (Å²) in [6, 6.07) is 0. The van der Waals surface area contributed by atoms with Crippen LogP contribution in [0.1, 0.15) is 39.5 Å². The van der Waals surface area contributed by atoms with E-state index in [0.29, 0.717) is 6.10 Å². The molecule has 0 atom stereocenters. The second kappa shape index (κ2) is 5.41. The lowest BCUT2D eigenvalue weighted by Crippen LogP contribution is -2.37. The first-order valence-electron chi connectivity index (χ1n) is 6.23. The fraction of sp³-hybridized carbons (Fsp3) is 0.917. The maximum Gasteiger partial charge on any atom is 0.157 e. The number of hydrogen-bond acceptors (Lipinski definition) is 3. The molecule has 1 aliphatic carbocycles. The number of amidine groups is 1. The van der Waals surface area contributed by atoms with Crippen molar-refractivity contribution in [3.8, 4) is 0 Å². The van der Waals surface area contributed by atoms with Gasteiger partial charge in [-0.2, -0.15) is 0 Å². The second-order valence-electron chi connectivity index (χ2n) is 5.26. The highest BCUT2D eigenvalue weighted by Gasteiger charge is 2.27. The van der Waals surface area contributed by atoms with E-state index in [4.69, 9.17) is 4.74 Å². The molecule has 1 heterocycles. The summed E-state index contributed by atoms with van der Waals surface area (Å²) in [5, 5.41) is 4.50. The van der Waals surface area contributed by atoms with Crippen molar-refractivity contribution in [2.45, 2.75) is 51.2 Å². The summed E-state index contributed by atoms with van der Waals surface area (Å²) in [5.74, 6) is 1.11. The highest BCUT2D eigenvalue weighted by Crippen LogP contribution is 2.22. The molecule has 2 fully saturated rings. The molecule has 0 radical (unpaired) electrons. The third-order valence-electron chi connectivity index (χ3n) is 3.02. The average Bonchev–Trinajstić information content (AvgIpc) is 2.82. The molecule has 2 aliphatic rings. The Labute approximate surface area is 102 Å². The Morgan fingerprint density at radius 1 is 1.44 bits per heavy atom. The predicted molar refractivity (Wildman–Crippen MR) is 70.2 cm³/mol. The SMILES string of the molecule is CC1(C)CSC(=NCCOC2CCCC2)N1. The van der Waals surface area contributed by atoms with Crippen molar-refractivity contribution >= 4 is 16.9 Å². The minimum Gasteiger partial charge on any atom is -0.376 e. The zero-order valence-electron chi connectivity index (χ0n) is 10.3. The van der Waals surface area contributed by atoms with Gasteiger partial charge in [-0.3, -0.25) is 4.99 Å². The minimum absolute atomic E-state index is 0.204. The first kappa shape index (κ1) is 12.2. The van der Waals surface area contributed by atoms with Crippen molar-refractivity contribution in [1.29, 1.82) is 0 Å². The van der Waals surface area contributed by atoms with E-state index in [0.717, 1.165) is 24.1 Å². The van der Waals surface area contributed by atoms with Crippen LogP contribution in [-0.4, -0.2) is 35.7 Å². The Balaban J connectivity index is 1.62. The largest absolute Gasteiger partial charge is 0.376 e. The maximum atomic E-state index is 5.77. The number of nitrogens with zero attached hydrogens (tertiary/aromatic N) is 1. The molecular formula is C12H22N2OS. The highest BCUT2D eigenvalue weighted by atomic mass is 32.2. The van der Waals surface area contributed by atoms with Crippen LogP contribution >= 0.6 is 11.8 Å². The second-order valence-corrected chi connectivity index (χ2v) is 6.23. The van der Waals surface area contributed by atoms with Crippen molar-refractivity contribution < 1.29 is 4.74 Å². The fourth-order valence-electron chi connectivity index (χ4n) is 2.12. The molecule has 0 bridgehead atoms. The highest BCUT2D eigenvalue weighted by molar-refractivity contribution is 8.14. The molecule has 4 heteroatoms. The number of nitrogens with one attached hydrogen (secondary N) is 1. The molecule has 2 rings (SSSR count). The van der Waals surface area contributed by atoms with Gasteiger partial charge in [0.05, 0.1) is 19.3 Å². The van der Waals surface area contributed by atoms with Gasteiger partial charge in [0.1, 0.15) is 0 Å². The lowest BCUT2D eigenvalue weighted by Gasteiger charge is -2.15. The number of ether oxygens (including phenoxy) is 1. The van der Waals surface area contributed by atoms with Gasteiger partial charge in [0.15, 0.2) is 5.17 Å². The molecule has 0 amide bonds. The molecule has 1 saturated carbocycles. The standard InChI is InChI=1S/C12H22N2OS/c1-12(2)9-16-11(14-12)13-7-8-15-10-5-3-4-6-10/h10H,3-9H2,1-2H3,(H,13,14). The summed E-state index contributed by atoms with van der Waals surface area (Å²) in [6.07, 6.45) is 5.68. The fourth-order valence-corrected chi connectivity index (χ4v) is 3.22. The van der Waals surface area contributed by atoms with Crippen molar-refractivity contribution in [3.05, 3.63) is 0 Å². The molecule has 0 aromatic carbocycles. The van der Waals surface area contributed by atoms with Crippen molar-refractivity contribution in [1.82, 2.24) is 5.32 Å². The first-order valence-corrected chi connectivity index (χ1v) is 7.21. The van der Waals surface area contributed by atoms with E-state index in [-0.39, 0.29) is 5.54 Å². The van der Waals surface area contributed by atoms with E-state index in [1.54, 1.807) is 0 Å². The van der Waals surface area contributed by atoms with Crippen molar-refractivity contribution in [2.24, 2.45) is 4.99 Å². The van der Waals surface area contributed by atoms with E-state index in [2.05, 4.69) is 24.2 Å². The molecule has 1 saturated heterocycles. The van der Waals surface area contributed by atoms with E-state index >= 15 is 0 Å². The van der Waals surface area contributed by atoms with Gasteiger partial charge in [0.25, 0.3) is 0 Å². The normalized spacial score (nSPS) is 27.5. The van der Waals surface area contributed by atoms with Gasteiger partial charge in [-0.15, -0.1) is 0 Å². The van der Waals surface area contributed by atoms with Crippen molar-refractivity contribution in [2.75, 3.05) is 18.9 Å². The molecule has 0 aromatic rings. The Bertz CT molecular complexity index is 260. The third kappa shape index (κ3) is 3.67. The maximum absolute atomic E-state index is 5.77. The van der Waals surface area contributed by atoms with Crippen molar-refractivity contribution in [3.63, 3.8) is 0 Å². The zero-order valence-corrected chi connectivity index (χ0v) is 11.1. The van der Waals surface area contributed by atoms with Crippen LogP contribution in [-0.2, 0) is 4.74 Å². The average molecular weight is 242 g/mol. The lowest BCUT2D eigenvalue weighted by atomic mass is 10.1. The van der Waals surface area contributed by atoms with E-state index < -0.39 is 0 Å². The van der Waals surface area contributed by atoms with Gasteiger partial charge < -0.3 is 10.1 Å². The molecule has 1 aliphatic heterocycles. The van der Waals surface area contributed by atoms with Gasteiger partial charge in [-0.25, -0.2) is 0 Å². The Hall–Kier alpha value is -0.220. The molecule has 16 heavy (non-hydrogen) atoms. The first-order chi connectivity index (χ1) is 7.66. The van der Waals surface area contributed by atoms with Gasteiger partial charge in [0.2, 0.25) is 0 Å². The molecule has 0 unspecified atom stereocenters. The summed E-state index contributed by atoms with van der Waals surface area (Å²) >= 11 is 1.82. The van der Waals surface area contributed by atoms with Gasteiger partial charge in [-0.05, 0) is 26.7 Å². The number of rotatable bonds is 4. The summed E-state index contributed by atoms with van der Waals surface area (Å²) in [6.45, 7) is 5.98. The molecule has 3 nitrogen and oxygen atoms in total. The van der Waals surface area contributed by atoms with Gasteiger partial charge in [0, 0.05) is 11.3 Å². The molecule has 92 valence electrons. The smallest absolute Gasteiger partial charge is 0.157 e. The van der Waals surface area contributed by atoms with Crippen LogP contribution in [0.5, 0.6) is 0 Å². The van der Waals surface area contributed by atoms with E-state index in [1.165, 1.54) is 25.7 Å². The molecular weight excluding hydrogens is 220 g/mol. The number of thioether (sulfide) groups is 1. The van der Waals surface area contributed by atoms with Crippen LogP contribution in [0.15, 0.2) is 4.99 Å². The number of aliphatic imine (C=N–C) groups is 1.